The Morgan fingerprint density at radius 3 is 1.58 bits per heavy atom. The first-order valence-corrected chi connectivity index (χ1v) is 5.58. The maximum Gasteiger partial charge on any atom is 0.00960 e. The Bertz CT molecular complexity index is 157. The molecule has 0 heterocycles. The van der Waals surface area contributed by atoms with Gasteiger partial charge in [-0.05, 0) is 49.4 Å². The molecule has 4 rings (SSSR count). The van der Waals surface area contributed by atoms with Gasteiger partial charge in [-0.15, -0.1) is 0 Å². The molecular weight excluding hydrogens is 146 g/mol. The molecule has 0 aliphatic heterocycles. The lowest BCUT2D eigenvalue weighted by atomic mass is 9.65. The van der Waals surface area contributed by atoms with Crippen molar-refractivity contribution in [3.63, 3.8) is 0 Å². The Morgan fingerprint density at radius 1 is 0.750 bits per heavy atom. The lowest BCUT2D eigenvalue weighted by Gasteiger charge is -2.43. The smallest absolute Gasteiger partial charge is 0.00960 e. The first-order valence-electron chi connectivity index (χ1n) is 5.58. The Hall–Kier alpha value is -0.0400. The standard InChI is InChI=1S/C11H19N/c12-11-9-3-7-1-2-8(5-9)6-10(11)4-7/h7-11H,1-6,12H2. The number of fused-ring (bicyclic) bond motifs is 1. The van der Waals surface area contributed by atoms with E-state index in [1.165, 1.54) is 38.5 Å². The van der Waals surface area contributed by atoms with Crippen LogP contribution in [-0.4, -0.2) is 6.04 Å². The molecule has 0 saturated heterocycles. The van der Waals surface area contributed by atoms with Gasteiger partial charge in [0, 0.05) is 6.04 Å². The summed E-state index contributed by atoms with van der Waals surface area (Å²) in [4.78, 5) is 0. The molecule has 4 aliphatic carbocycles. The number of nitrogens with two attached hydrogens (primary N) is 1. The number of hydrogen-bond acceptors (Lipinski definition) is 1. The van der Waals surface area contributed by atoms with Crippen LogP contribution in [0.25, 0.3) is 0 Å². The average Bonchev–Trinajstić information content (AvgIpc) is 2.27. The van der Waals surface area contributed by atoms with E-state index < -0.39 is 0 Å². The number of rotatable bonds is 0. The van der Waals surface area contributed by atoms with Gasteiger partial charge in [-0.1, -0.05) is 12.8 Å². The van der Waals surface area contributed by atoms with Crippen LogP contribution in [0.15, 0.2) is 0 Å². The summed E-state index contributed by atoms with van der Waals surface area (Å²) in [5.41, 5.74) is 6.24. The monoisotopic (exact) mass is 165 g/mol. The second kappa shape index (κ2) is 2.47. The van der Waals surface area contributed by atoms with Crippen LogP contribution >= 0.6 is 0 Å². The molecule has 12 heavy (non-hydrogen) atoms. The highest BCUT2D eigenvalue weighted by atomic mass is 14.7. The Labute approximate surface area is 74.7 Å². The second-order valence-corrected chi connectivity index (χ2v) is 5.35. The van der Waals surface area contributed by atoms with Crippen molar-refractivity contribution in [2.45, 2.75) is 44.6 Å². The van der Waals surface area contributed by atoms with Crippen molar-refractivity contribution < 1.29 is 0 Å². The fourth-order valence-corrected chi connectivity index (χ4v) is 4.05. The van der Waals surface area contributed by atoms with Crippen LogP contribution in [0.3, 0.4) is 0 Å². The molecule has 1 heteroatoms. The Morgan fingerprint density at radius 2 is 1.17 bits per heavy atom. The lowest BCUT2D eigenvalue weighted by molar-refractivity contribution is 0.103. The van der Waals surface area contributed by atoms with Gasteiger partial charge in [-0.3, -0.25) is 0 Å². The predicted octanol–water partition coefficient (Wildman–Crippen LogP) is 2.16. The normalized spacial score (nSPS) is 57.2. The fraction of sp³-hybridized carbons (Fsp3) is 1.00. The van der Waals surface area contributed by atoms with E-state index in [4.69, 9.17) is 5.73 Å². The van der Waals surface area contributed by atoms with Gasteiger partial charge < -0.3 is 5.73 Å². The predicted molar refractivity (Wildman–Crippen MR) is 49.6 cm³/mol. The third kappa shape index (κ3) is 0.953. The highest BCUT2D eigenvalue weighted by Gasteiger charge is 2.43. The molecule has 4 saturated carbocycles. The molecule has 0 aromatic heterocycles. The molecule has 0 radical (unpaired) electrons. The molecule has 0 spiro atoms. The van der Waals surface area contributed by atoms with Crippen LogP contribution in [0.1, 0.15) is 38.5 Å². The molecule has 4 fully saturated rings. The average molecular weight is 165 g/mol. The van der Waals surface area contributed by atoms with Crippen molar-refractivity contribution in [3.05, 3.63) is 0 Å². The highest BCUT2D eigenvalue weighted by Crippen LogP contribution is 2.50. The van der Waals surface area contributed by atoms with Crippen LogP contribution in [-0.2, 0) is 0 Å². The van der Waals surface area contributed by atoms with E-state index in [1.54, 1.807) is 0 Å². The molecule has 0 amide bonds. The summed E-state index contributed by atoms with van der Waals surface area (Å²) in [5, 5.41) is 0. The molecule has 2 N–H and O–H groups in total. The zero-order chi connectivity index (χ0) is 8.13. The van der Waals surface area contributed by atoms with Crippen molar-refractivity contribution in [2.24, 2.45) is 29.4 Å². The van der Waals surface area contributed by atoms with E-state index >= 15 is 0 Å². The van der Waals surface area contributed by atoms with Gasteiger partial charge in [0.25, 0.3) is 0 Å². The van der Waals surface area contributed by atoms with Gasteiger partial charge >= 0.3 is 0 Å². The summed E-state index contributed by atoms with van der Waals surface area (Å²) >= 11 is 0. The van der Waals surface area contributed by atoms with E-state index in [1.807, 2.05) is 0 Å². The van der Waals surface area contributed by atoms with Crippen molar-refractivity contribution >= 4 is 0 Å². The summed E-state index contributed by atoms with van der Waals surface area (Å²) < 4.78 is 0. The third-order valence-corrected chi connectivity index (χ3v) is 4.62. The molecule has 4 bridgehead atoms. The minimum Gasteiger partial charge on any atom is -0.327 e. The quantitative estimate of drug-likeness (QED) is 0.585. The Balaban J connectivity index is 1.91. The topological polar surface area (TPSA) is 26.0 Å². The highest BCUT2D eigenvalue weighted by molar-refractivity contribution is 4.97. The minimum atomic E-state index is 0.579. The van der Waals surface area contributed by atoms with Gasteiger partial charge in [-0.2, -0.15) is 0 Å². The third-order valence-electron chi connectivity index (χ3n) is 4.62. The SMILES string of the molecule is NC1C2CC3CCC(C2)CC1C3. The molecule has 0 aromatic rings. The molecule has 0 unspecified atom stereocenters. The summed E-state index contributed by atoms with van der Waals surface area (Å²) in [6, 6.07) is 0.579. The van der Waals surface area contributed by atoms with Crippen molar-refractivity contribution in [2.75, 3.05) is 0 Å². The first-order chi connectivity index (χ1) is 5.83. The maximum atomic E-state index is 6.24. The van der Waals surface area contributed by atoms with Gasteiger partial charge in [-0.25, -0.2) is 0 Å². The molecular formula is C11H19N. The van der Waals surface area contributed by atoms with E-state index in [0.717, 1.165) is 23.7 Å². The summed E-state index contributed by atoms with van der Waals surface area (Å²) in [5.74, 6) is 3.95. The van der Waals surface area contributed by atoms with Gasteiger partial charge in [0.05, 0.1) is 0 Å². The molecule has 0 atom stereocenters. The van der Waals surface area contributed by atoms with Crippen LogP contribution in [0, 0.1) is 23.7 Å². The summed E-state index contributed by atoms with van der Waals surface area (Å²) in [7, 11) is 0. The Kier molecular flexibility index (Phi) is 1.52. The van der Waals surface area contributed by atoms with Crippen LogP contribution < -0.4 is 5.73 Å². The van der Waals surface area contributed by atoms with Gasteiger partial charge in [0.1, 0.15) is 0 Å². The van der Waals surface area contributed by atoms with Gasteiger partial charge in [0.2, 0.25) is 0 Å². The molecule has 68 valence electrons. The zero-order valence-corrected chi connectivity index (χ0v) is 7.71. The lowest BCUT2D eigenvalue weighted by Crippen LogP contribution is -2.46. The van der Waals surface area contributed by atoms with Gasteiger partial charge in [0.15, 0.2) is 0 Å². The molecule has 1 nitrogen and oxygen atoms in total. The first kappa shape index (κ1) is 7.37. The minimum absolute atomic E-state index is 0.579. The van der Waals surface area contributed by atoms with Crippen LogP contribution in [0.4, 0.5) is 0 Å². The van der Waals surface area contributed by atoms with E-state index in [2.05, 4.69) is 0 Å². The van der Waals surface area contributed by atoms with Crippen LogP contribution in [0.2, 0.25) is 0 Å². The summed E-state index contributed by atoms with van der Waals surface area (Å²) in [6.07, 6.45) is 8.90. The van der Waals surface area contributed by atoms with Crippen molar-refractivity contribution in [1.82, 2.24) is 0 Å². The largest absolute Gasteiger partial charge is 0.327 e. The zero-order valence-electron chi connectivity index (χ0n) is 7.71. The molecule has 4 aliphatic rings. The van der Waals surface area contributed by atoms with E-state index in [-0.39, 0.29) is 0 Å². The maximum absolute atomic E-state index is 6.24. The second-order valence-electron chi connectivity index (χ2n) is 5.35. The summed E-state index contributed by atoms with van der Waals surface area (Å²) in [6.45, 7) is 0. The van der Waals surface area contributed by atoms with Crippen molar-refractivity contribution in [3.8, 4) is 0 Å². The fourth-order valence-electron chi connectivity index (χ4n) is 4.05. The number of hydrogen-bond donors (Lipinski definition) is 1. The van der Waals surface area contributed by atoms with E-state index in [0.29, 0.717) is 6.04 Å². The molecule has 0 aromatic carbocycles. The van der Waals surface area contributed by atoms with Crippen molar-refractivity contribution in [1.29, 1.82) is 0 Å². The van der Waals surface area contributed by atoms with E-state index in [9.17, 15) is 0 Å². The van der Waals surface area contributed by atoms with Crippen LogP contribution in [0.5, 0.6) is 0 Å².